The highest BCUT2D eigenvalue weighted by Gasteiger charge is 2.34. The molecular formula is C23H27F3N2O4. The van der Waals surface area contributed by atoms with E-state index in [1.54, 1.807) is 20.3 Å². The molecule has 174 valence electrons. The normalized spacial score (nSPS) is 14.8. The van der Waals surface area contributed by atoms with E-state index in [0.29, 0.717) is 37.8 Å². The molecule has 2 amide bonds. The molecule has 9 heteroatoms. The first-order valence-corrected chi connectivity index (χ1v) is 10.3. The molecule has 0 saturated carbocycles. The van der Waals surface area contributed by atoms with Gasteiger partial charge in [-0.2, -0.15) is 13.2 Å². The van der Waals surface area contributed by atoms with E-state index in [4.69, 9.17) is 14.2 Å². The Bertz CT molecular complexity index is 890. The molecule has 1 aliphatic heterocycles. The lowest BCUT2D eigenvalue weighted by Gasteiger charge is -2.32. The number of nitrogens with one attached hydrogen (secondary N) is 1. The Hall–Kier alpha value is -2.94. The third-order valence-electron chi connectivity index (χ3n) is 5.41. The number of para-hydroxylation sites is 1. The molecular weight excluding hydrogens is 425 g/mol. The summed E-state index contributed by atoms with van der Waals surface area (Å²) in [5.74, 6) is 1.65. The van der Waals surface area contributed by atoms with Gasteiger partial charge in [0.2, 0.25) is 0 Å². The number of anilines is 1. The van der Waals surface area contributed by atoms with Gasteiger partial charge in [0.05, 0.1) is 32.1 Å². The number of benzene rings is 2. The van der Waals surface area contributed by atoms with Crippen molar-refractivity contribution in [3.63, 3.8) is 0 Å². The minimum atomic E-state index is -4.53. The van der Waals surface area contributed by atoms with Crippen molar-refractivity contribution in [1.82, 2.24) is 4.90 Å². The van der Waals surface area contributed by atoms with Crippen molar-refractivity contribution >= 4 is 11.7 Å². The van der Waals surface area contributed by atoms with E-state index in [1.807, 2.05) is 12.1 Å². The van der Waals surface area contributed by atoms with Crippen LogP contribution in [0.15, 0.2) is 42.5 Å². The summed E-state index contributed by atoms with van der Waals surface area (Å²) < 4.78 is 55.7. The smallest absolute Gasteiger partial charge is 0.418 e. The molecule has 1 saturated heterocycles. The van der Waals surface area contributed by atoms with E-state index >= 15 is 0 Å². The molecule has 2 aromatic rings. The number of likely N-dealkylation sites (tertiary alicyclic amines) is 1. The standard InChI is InChI=1S/C23H27F3N2O4/c1-30-18-11-17(12-19(13-18)31-2)15-32-14-16-7-9-28(10-8-16)22(29)27-21-6-4-3-5-20(21)23(24,25)26/h3-6,11-13,16H,7-10,14-15H2,1-2H3,(H,27,29). The van der Waals surface area contributed by atoms with Gasteiger partial charge in [-0.05, 0) is 48.6 Å². The van der Waals surface area contributed by atoms with Gasteiger partial charge in [-0.25, -0.2) is 4.79 Å². The number of urea groups is 1. The van der Waals surface area contributed by atoms with E-state index in [0.717, 1.165) is 24.5 Å². The average molecular weight is 452 g/mol. The fourth-order valence-corrected chi connectivity index (χ4v) is 3.63. The molecule has 0 aliphatic carbocycles. The summed E-state index contributed by atoms with van der Waals surface area (Å²) in [6.07, 6.45) is -3.09. The fourth-order valence-electron chi connectivity index (χ4n) is 3.63. The second kappa shape index (κ2) is 10.6. The Kier molecular flexibility index (Phi) is 7.84. The van der Waals surface area contributed by atoms with E-state index in [-0.39, 0.29) is 11.6 Å². The number of alkyl halides is 3. The lowest BCUT2D eigenvalue weighted by Crippen LogP contribution is -2.42. The first kappa shape index (κ1) is 23.7. The number of halogens is 3. The summed E-state index contributed by atoms with van der Waals surface area (Å²) in [6, 6.07) is 10.0. The van der Waals surface area contributed by atoms with Crippen LogP contribution in [-0.4, -0.2) is 44.8 Å². The molecule has 0 atom stereocenters. The lowest BCUT2D eigenvalue weighted by atomic mass is 9.98. The van der Waals surface area contributed by atoms with Gasteiger partial charge in [0.15, 0.2) is 0 Å². The van der Waals surface area contributed by atoms with Crippen molar-refractivity contribution in [2.24, 2.45) is 5.92 Å². The van der Waals surface area contributed by atoms with Crippen molar-refractivity contribution in [1.29, 1.82) is 0 Å². The van der Waals surface area contributed by atoms with E-state index in [2.05, 4.69) is 5.32 Å². The zero-order valence-corrected chi connectivity index (χ0v) is 18.1. The first-order chi connectivity index (χ1) is 15.3. The predicted octanol–water partition coefficient (Wildman–Crippen LogP) is 5.18. The van der Waals surface area contributed by atoms with Crippen LogP contribution in [0.5, 0.6) is 11.5 Å². The molecule has 32 heavy (non-hydrogen) atoms. The largest absolute Gasteiger partial charge is 0.497 e. The maximum atomic E-state index is 13.1. The van der Waals surface area contributed by atoms with Crippen LogP contribution in [0.1, 0.15) is 24.0 Å². The molecule has 0 bridgehead atoms. The number of hydrogen-bond donors (Lipinski definition) is 1. The number of piperidine rings is 1. The first-order valence-electron chi connectivity index (χ1n) is 10.3. The molecule has 0 radical (unpaired) electrons. The Morgan fingerprint density at radius 2 is 1.69 bits per heavy atom. The quantitative estimate of drug-likeness (QED) is 0.629. The average Bonchev–Trinajstić information content (AvgIpc) is 2.79. The zero-order valence-electron chi connectivity index (χ0n) is 18.1. The van der Waals surface area contributed by atoms with Crippen LogP contribution in [-0.2, 0) is 17.5 Å². The van der Waals surface area contributed by atoms with Crippen LogP contribution in [0.2, 0.25) is 0 Å². The number of hydrogen-bond acceptors (Lipinski definition) is 4. The third kappa shape index (κ3) is 6.29. The summed E-state index contributed by atoms with van der Waals surface area (Å²) in [5.41, 5.74) is -0.156. The van der Waals surface area contributed by atoms with Crippen LogP contribution in [0.25, 0.3) is 0 Å². The number of rotatable bonds is 7. The molecule has 1 N–H and O–H groups in total. The Labute approximate surface area is 185 Å². The summed E-state index contributed by atoms with van der Waals surface area (Å²) in [4.78, 5) is 14.0. The third-order valence-corrected chi connectivity index (χ3v) is 5.41. The number of amides is 2. The number of methoxy groups -OCH3 is 2. The molecule has 1 aliphatic rings. The second-order valence-electron chi connectivity index (χ2n) is 7.64. The van der Waals surface area contributed by atoms with Gasteiger partial charge in [0.1, 0.15) is 11.5 Å². The molecule has 2 aromatic carbocycles. The fraction of sp³-hybridized carbons (Fsp3) is 0.435. The topological polar surface area (TPSA) is 60.0 Å². The van der Waals surface area contributed by atoms with Gasteiger partial charge < -0.3 is 24.4 Å². The second-order valence-corrected chi connectivity index (χ2v) is 7.64. The zero-order chi connectivity index (χ0) is 23.1. The molecule has 0 aromatic heterocycles. The predicted molar refractivity (Wildman–Crippen MR) is 114 cm³/mol. The highest BCUT2D eigenvalue weighted by molar-refractivity contribution is 5.90. The highest BCUT2D eigenvalue weighted by Crippen LogP contribution is 2.34. The maximum Gasteiger partial charge on any atom is 0.418 e. The van der Waals surface area contributed by atoms with Crippen molar-refractivity contribution in [3.8, 4) is 11.5 Å². The summed E-state index contributed by atoms with van der Waals surface area (Å²) >= 11 is 0. The SMILES string of the molecule is COc1cc(COCC2CCN(C(=O)Nc3ccccc3C(F)(F)F)CC2)cc(OC)c1. The van der Waals surface area contributed by atoms with Gasteiger partial charge in [0, 0.05) is 25.8 Å². The summed E-state index contributed by atoms with van der Waals surface area (Å²) in [6.45, 7) is 1.86. The number of ether oxygens (including phenoxy) is 3. The van der Waals surface area contributed by atoms with E-state index in [9.17, 15) is 18.0 Å². The number of nitrogens with zero attached hydrogens (tertiary/aromatic N) is 1. The van der Waals surface area contributed by atoms with Gasteiger partial charge in [0.25, 0.3) is 0 Å². The number of carbonyl (C=O) groups excluding carboxylic acids is 1. The van der Waals surface area contributed by atoms with Gasteiger partial charge >= 0.3 is 12.2 Å². The Balaban J connectivity index is 1.46. The molecule has 1 fully saturated rings. The molecule has 3 rings (SSSR count). The van der Waals surface area contributed by atoms with Crippen molar-refractivity contribution in [3.05, 3.63) is 53.6 Å². The minimum absolute atomic E-state index is 0.232. The molecule has 6 nitrogen and oxygen atoms in total. The van der Waals surface area contributed by atoms with Crippen molar-refractivity contribution < 1.29 is 32.2 Å². The van der Waals surface area contributed by atoms with Crippen LogP contribution >= 0.6 is 0 Å². The number of carbonyl (C=O) groups is 1. The van der Waals surface area contributed by atoms with Crippen LogP contribution in [0, 0.1) is 5.92 Å². The van der Waals surface area contributed by atoms with E-state index < -0.39 is 17.8 Å². The lowest BCUT2D eigenvalue weighted by molar-refractivity contribution is -0.136. The highest BCUT2D eigenvalue weighted by atomic mass is 19.4. The minimum Gasteiger partial charge on any atom is -0.497 e. The Morgan fingerprint density at radius 1 is 1.06 bits per heavy atom. The van der Waals surface area contributed by atoms with Crippen LogP contribution in [0.4, 0.5) is 23.7 Å². The van der Waals surface area contributed by atoms with Gasteiger partial charge in [-0.15, -0.1) is 0 Å². The maximum absolute atomic E-state index is 13.1. The summed E-state index contributed by atoms with van der Waals surface area (Å²) in [5, 5.41) is 2.40. The molecule has 0 unspecified atom stereocenters. The summed E-state index contributed by atoms with van der Waals surface area (Å²) in [7, 11) is 3.18. The molecule has 0 spiro atoms. The monoisotopic (exact) mass is 452 g/mol. The van der Waals surface area contributed by atoms with Gasteiger partial charge in [-0.1, -0.05) is 12.1 Å². The Morgan fingerprint density at radius 3 is 2.28 bits per heavy atom. The van der Waals surface area contributed by atoms with Crippen LogP contribution < -0.4 is 14.8 Å². The van der Waals surface area contributed by atoms with Crippen molar-refractivity contribution in [2.75, 3.05) is 39.2 Å². The molecule has 1 heterocycles. The van der Waals surface area contributed by atoms with Crippen molar-refractivity contribution in [2.45, 2.75) is 25.6 Å². The van der Waals surface area contributed by atoms with Gasteiger partial charge in [-0.3, -0.25) is 0 Å². The van der Waals surface area contributed by atoms with Crippen LogP contribution in [0.3, 0.4) is 0 Å². The van der Waals surface area contributed by atoms with E-state index in [1.165, 1.54) is 23.1 Å².